The van der Waals surface area contributed by atoms with E-state index in [-0.39, 0.29) is 40.7 Å². The fourth-order valence-electron chi connectivity index (χ4n) is 8.13. The number of imide groups is 2. The normalized spacial score (nSPS) is 28.5. The third-order valence-electron chi connectivity index (χ3n) is 10.2. The van der Waals surface area contributed by atoms with E-state index in [0.717, 1.165) is 10.5 Å². The van der Waals surface area contributed by atoms with E-state index in [9.17, 15) is 34.4 Å². The number of methoxy groups -OCH3 is 1. The molecular weight excluding hydrogens is 614 g/mol. The first-order chi connectivity index (χ1) is 22.0. The van der Waals surface area contributed by atoms with Gasteiger partial charge in [-0.05, 0) is 61.6 Å². The summed E-state index contributed by atoms with van der Waals surface area (Å²) in [5.74, 6) is -5.82. The van der Waals surface area contributed by atoms with Gasteiger partial charge in [0.1, 0.15) is 0 Å². The number of halogens is 1. The van der Waals surface area contributed by atoms with E-state index < -0.39 is 63.6 Å². The minimum Gasteiger partial charge on any atom is -0.503 e. The molecule has 0 aromatic heterocycles. The van der Waals surface area contributed by atoms with Crippen molar-refractivity contribution in [2.75, 3.05) is 16.9 Å². The van der Waals surface area contributed by atoms with Crippen LogP contribution in [0.2, 0.25) is 5.02 Å². The minimum absolute atomic E-state index is 0.00781. The Morgan fingerprint density at radius 3 is 2.35 bits per heavy atom. The monoisotopic (exact) mass is 641 g/mol. The van der Waals surface area contributed by atoms with Crippen molar-refractivity contribution in [2.45, 2.75) is 25.7 Å². The van der Waals surface area contributed by atoms with Crippen LogP contribution in [0.1, 0.15) is 31.2 Å². The highest BCUT2D eigenvalue weighted by atomic mass is 35.5. The lowest BCUT2D eigenvalue weighted by Gasteiger charge is -2.49. The van der Waals surface area contributed by atoms with Crippen LogP contribution in [0, 0.1) is 39.2 Å². The molecule has 4 aliphatic rings. The van der Waals surface area contributed by atoms with Crippen molar-refractivity contribution in [3.8, 4) is 11.5 Å². The Kier molecular flexibility index (Phi) is 6.78. The van der Waals surface area contributed by atoms with Gasteiger partial charge in [0.2, 0.25) is 23.6 Å². The van der Waals surface area contributed by atoms with Crippen LogP contribution in [0.15, 0.2) is 78.4 Å². The number of nitro benzene ring substituents is 1. The van der Waals surface area contributed by atoms with Crippen molar-refractivity contribution < 1.29 is 33.9 Å². The van der Waals surface area contributed by atoms with E-state index in [1.54, 1.807) is 49.4 Å². The smallest absolute Gasteiger partial charge is 0.271 e. The third-order valence-corrected chi connectivity index (χ3v) is 10.5. The van der Waals surface area contributed by atoms with E-state index in [0.29, 0.717) is 11.3 Å². The van der Waals surface area contributed by atoms with E-state index in [2.05, 4.69) is 0 Å². The standard InChI is InChI=1S/C34H28ClN3O8/c1-34-24(31(41)37(33(34)43)18-7-4-3-5-8-18)16-23-21(28(34)17-13-25(35)29(39)26(14-17)46-2)11-12-22-27(23)32(42)36(30(22)40)19-9-6-10-20(15-19)38(44)45/h3-11,13-15,22-24,27-28,39H,12,16H2,1-2H3/t22-,23+,24-,27-,28-,34+/m0/s1. The number of carbonyl (C=O) groups is 4. The number of nitro groups is 1. The second-order valence-electron chi connectivity index (χ2n) is 12.3. The zero-order chi connectivity index (χ0) is 32.7. The number of rotatable bonds is 5. The molecule has 234 valence electrons. The summed E-state index contributed by atoms with van der Waals surface area (Å²) < 4.78 is 5.40. The number of non-ortho nitro benzene ring substituents is 1. The number of fused-ring (bicyclic) bond motifs is 4. The maximum atomic E-state index is 14.5. The van der Waals surface area contributed by atoms with Gasteiger partial charge in [-0.15, -0.1) is 0 Å². The van der Waals surface area contributed by atoms with E-state index in [1.807, 2.05) is 6.08 Å². The Balaban J connectivity index is 1.38. The Bertz CT molecular complexity index is 1890. The number of phenolic OH excluding ortho intramolecular Hbond substituents is 1. The number of hydrogen-bond acceptors (Lipinski definition) is 8. The first kappa shape index (κ1) is 29.7. The topological polar surface area (TPSA) is 147 Å². The van der Waals surface area contributed by atoms with Crippen LogP contribution in [0.5, 0.6) is 11.5 Å². The summed E-state index contributed by atoms with van der Waals surface area (Å²) in [5, 5.41) is 22.0. The van der Waals surface area contributed by atoms with Gasteiger partial charge in [-0.2, -0.15) is 0 Å². The van der Waals surface area contributed by atoms with Gasteiger partial charge in [-0.1, -0.05) is 47.5 Å². The predicted octanol–water partition coefficient (Wildman–Crippen LogP) is 5.40. The molecule has 3 aromatic rings. The van der Waals surface area contributed by atoms with Crippen molar-refractivity contribution >= 4 is 52.3 Å². The molecule has 0 bridgehead atoms. The number of amides is 4. The highest BCUT2D eigenvalue weighted by Crippen LogP contribution is 2.64. The van der Waals surface area contributed by atoms with Gasteiger partial charge in [0.15, 0.2) is 11.5 Å². The number of benzene rings is 3. The number of anilines is 2. The van der Waals surface area contributed by atoms with Crippen molar-refractivity contribution in [1.29, 1.82) is 0 Å². The number of nitrogens with zero attached hydrogens (tertiary/aromatic N) is 3. The van der Waals surface area contributed by atoms with Crippen molar-refractivity contribution in [3.05, 3.63) is 99.1 Å². The minimum atomic E-state index is -1.31. The fourth-order valence-corrected chi connectivity index (χ4v) is 8.35. The highest BCUT2D eigenvalue weighted by molar-refractivity contribution is 6.32. The summed E-state index contributed by atoms with van der Waals surface area (Å²) in [7, 11) is 1.38. The summed E-state index contributed by atoms with van der Waals surface area (Å²) in [6.07, 6.45) is 2.21. The van der Waals surface area contributed by atoms with Gasteiger partial charge in [0.25, 0.3) is 5.69 Å². The quantitative estimate of drug-likeness (QED) is 0.169. The summed E-state index contributed by atoms with van der Waals surface area (Å²) in [4.78, 5) is 69.8. The Morgan fingerprint density at radius 2 is 1.65 bits per heavy atom. The number of aromatic hydroxyl groups is 1. The summed E-state index contributed by atoms with van der Waals surface area (Å²) in [6.45, 7) is 1.75. The second kappa shape index (κ2) is 10.5. The molecule has 11 nitrogen and oxygen atoms in total. The first-order valence-corrected chi connectivity index (χ1v) is 15.2. The van der Waals surface area contributed by atoms with Crippen molar-refractivity contribution in [3.63, 3.8) is 0 Å². The van der Waals surface area contributed by atoms with Gasteiger partial charge >= 0.3 is 0 Å². The first-order valence-electron chi connectivity index (χ1n) is 14.8. The Hall–Kier alpha value is -5.03. The molecule has 2 aliphatic heterocycles. The molecule has 2 heterocycles. The molecule has 2 aliphatic carbocycles. The lowest BCUT2D eigenvalue weighted by molar-refractivity contribution is -0.384. The van der Waals surface area contributed by atoms with Crippen LogP contribution in [0.25, 0.3) is 0 Å². The van der Waals surface area contributed by atoms with Gasteiger partial charge < -0.3 is 9.84 Å². The number of hydrogen-bond donors (Lipinski definition) is 1. The molecule has 1 N–H and O–H groups in total. The van der Waals surface area contributed by atoms with Gasteiger partial charge in [-0.3, -0.25) is 29.3 Å². The van der Waals surface area contributed by atoms with Crippen molar-refractivity contribution in [2.24, 2.45) is 29.1 Å². The molecule has 6 atom stereocenters. The molecular formula is C34H28ClN3O8. The number of para-hydroxylation sites is 1. The summed E-state index contributed by atoms with van der Waals surface area (Å²) in [5.41, 5.74) is 0.210. The van der Waals surface area contributed by atoms with Crippen LogP contribution in [-0.2, 0) is 19.2 Å². The average Bonchev–Trinajstić information content (AvgIpc) is 3.42. The zero-order valence-electron chi connectivity index (χ0n) is 24.8. The van der Waals surface area contributed by atoms with Crippen LogP contribution >= 0.6 is 11.6 Å². The highest BCUT2D eigenvalue weighted by Gasteiger charge is 2.67. The van der Waals surface area contributed by atoms with E-state index in [1.165, 1.54) is 36.3 Å². The van der Waals surface area contributed by atoms with E-state index >= 15 is 0 Å². The van der Waals surface area contributed by atoms with Gasteiger partial charge in [0, 0.05) is 18.1 Å². The Labute approximate surface area is 268 Å². The number of carbonyl (C=O) groups excluding carboxylic acids is 4. The third kappa shape index (κ3) is 4.04. The average molecular weight is 642 g/mol. The maximum absolute atomic E-state index is 14.5. The molecule has 3 fully saturated rings. The van der Waals surface area contributed by atoms with E-state index in [4.69, 9.17) is 16.3 Å². The molecule has 7 rings (SSSR count). The molecule has 0 unspecified atom stereocenters. The molecule has 2 saturated heterocycles. The molecule has 0 spiro atoms. The molecule has 46 heavy (non-hydrogen) atoms. The summed E-state index contributed by atoms with van der Waals surface area (Å²) >= 11 is 6.46. The van der Waals surface area contributed by atoms with Crippen LogP contribution in [-0.4, -0.2) is 40.8 Å². The van der Waals surface area contributed by atoms with Crippen molar-refractivity contribution in [1.82, 2.24) is 0 Å². The van der Waals surface area contributed by atoms with Crippen LogP contribution in [0.3, 0.4) is 0 Å². The largest absolute Gasteiger partial charge is 0.503 e. The molecule has 3 aromatic carbocycles. The SMILES string of the molecule is COc1cc([C@H]2C3=CC[C@@H]4C(=O)N(c5cccc([N+](=O)[O-])c5)C(=O)[C@@H]4[C@@H]3C[C@H]3C(=O)N(c4ccccc4)C(=O)[C@@]23C)cc(Cl)c1O. The summed E-state index contributed by atoms with van der Waals surface area (Å²) in [6, 6.07) is 17.1. The van der Waals surface area contributed by atoms with Crippen LogP contribution < -0.4 is 14.5 Å². The van der Waals surface area contributed by atoms with Gasteiger partial charge in [-0.25, -0.2) is 9.80 Å². The Morgan fingerprint density at radius 1 is 0.935 bits per heavy atom. The molecule has 12 heteroatoms. The molecule has 1 saturated carbocycles. The fraction of sp³-hybridized carbons (Fsp3) is 0.294. The number of ether oxygens (including phenoxy) is 1. The molecule has 4 amide bonds. The maximum Gasteiger partial charge on any atom is 0.271 e. The van der Waals surface area contributed by atoms with Gasteiger partial charge in [0.05, 0.1) is 51.6 Å². The lowest BCUT2D eigenvalue weighted by Crippen LogP contribution is -2.48. The zero-order valence-corrected chi connectivity index (χ0v) is 25.5. The number of phenols is 1. The second-order valence-corrected chi connectivity index (χ2v) is 12.7. The molecule has 0 radical (unpaired) electrons. The van der Waals surface area contributed by atoms with Crippen LogP contribution in [0.4, 0.5) is 17.1 Å². The lowest BCUT2D eigenvalue weighted by atomic mass is 9.51. The number of allylic oxidation sites excluding steroid dienone is 2. The predicted molar refractivity (Wildman–Crippen MR) is 166 cm³/mol.